The van der Waals surface area contributed by atoms with E-state index in [1.165, 1.54) is 18.5 Å². The summed E-state index contributed by atoms with van der Waals surface area (Å²) in [5.74, 6) is 0.267. The third-order valence-corrected chi connectivity index (χ3v) is 2.99. The van der Waals surface area contributed by atoms with E-state index < -0.39 is 5.97 Å². The molecule has 0 aliphatic carbocycles. The van der Waals surface area contributed by atoms with Crippen molar-refractivity contribution in [3.05, 3.63) is 46.7 Å². The number of hydrogen-bond acceptors (Lipinski definition) is 4. The SMILES string of the molecule is COc1ccc(Oc2cnccc2C(=O)O)c(Br)c1. The van der Waals surface area contributed by atoms with Gasteiger partial charge in [-0.15, -0.1) is 0 Å². The molecule has 0 saturated heterocycles. The number of carboxylic acids is 1. The molecule has 2 rings (SSSR count). The number of nitrogens with zero attached hydrogens (tertiary/aromatic N) is 1. The molecule has 0 aliphatic rings. The van der Waals surface area contributed by atoms with E-state index >= 15 is 0 Å². The molecule has 6 heteroatoms. The fourth-order valence-corrected chi connectivity index (χ4v) is 1.89. The maximum atomic E-state index is 11.1. The zero-order chi connectivity index (χ0) is 13.8. The summed E-state index contributed by atoms with van der Waals surface area (Å²) in [6.45, 7) is 0. The highest BCUT2D eigenvalue weighted by Crippen LogP contribution is 2.33. The number of pyridine rings is 1. The standard InChI is InChI=1S/C13H10BrNO4/c1-18-8-2-3-11(10(14)6-8)19-12-7-15-5-4-9(12)13(16)17/h2-7H,1H3,(H,16,17). The number of rotatable bonds is 4. The molecule has 5 nitrogen and oxygen atoms in total. The van der Waals surface area contributed by atoms with Gasteiger partial charge in [-0.05, 0) is 40.2 Å². The van der Waals surface area contributed by atoms with E-state index in [1.54, 1.807) is 25.3 Å². The molecule has 0 unspecified atom stereocenters. The molecule has 2 aromatic rings. The molecule has 1 aromatic heterocycles. The monoisotopic (exact) mass is 323 g/mol. The second kappa shape index (κ2) is 5.71. The first kappa shape index (κ1) is 13.4. The van der Waals surface area contributed by atoms with Gasteiger partial charge in [0.25, 0.3) is 0 Å². The molecule has 19 heavy (non-hydrogen) atoms. The van der Waals surface area contributed by atoms with Gasteiger partial charge in [-0.3, -0.25) is 4.98 Å². The van der Waals surface area contributed by atoms with Crippen LogP contribution in [0.15, 0.2) is 41.1 Å². The number of aromatic nitrogens is 1. The summed E-state index contributed by atoms with van der Waals surface area (Å²) in [6, 6.07) is 6.51. The van der Waals surface area contributed by atoms with Crippen molar-refractivity contribution in [1.29, 1.82) is 0 Å². The summed E-state index contributed by atoms with van der Waals surface area (Å²) in [5.41, 5.74) is 0.0534. The topological polar surface area (TPSA) is 68.7 Å². The Morgan fingerprint density at radius 2 is 2.11 bits per heavy atom. The zero-order valence-electron chi connectivity index (χ0n) is 9.96. The summed E-state index contributed by atoms with van der Waals surface area (Å²) >= 11 is 3.33. The minimum Gasteiger partial charge on any atom is -0.497 e. The minimum atomic E-state index is -1.07. The minimum absolute atomic E-state index is 0.0534. The van der Waals surface area contributed by atoms with E-state index in [0.29, 0.717) is 16.0 Å². The summed E-state index contributed by atoms with van der Waals surface area (Å²) < 4.78 is 11.3. The third-order valence-electron chi connectivity index (χ3n) is 2.37. The second-order valence-electron chi connectivity index (χ2n) is 3.58. The highest BCUT2D eigenvalue weighted by Gasteiger charge is 2.13. The Bertz CT molecular complexity index is 615. The Labute approximate surface area is 117 Å². The summed E-state index contributed by atoms with van der Waals surface area (Å²) in [5, 5.41) is 9.06. The molecular formula is C13H10BrNO4. The van der Waals surface area contributed by atoms with Gasteiger partial charge in [0.15, 0.2) is 5.75 Å². The van der Waals surface area contributed by atoms with Crippen molar-refractivity contribution in [2.24, 2.45) is 0 Å². The van der Waals surface area contributed by atoms with Gasteiger partial charge in [-0.2, -0.15) is 0 Å². The van der Waals surface area contributed by atoms with Crippen LogP contribution >= 0.6 is 15.9 Å². The van der Waals surface area contributed by atoms with Crippen LogP contribution in [0.1, 0.15) is 10.4 Å². The maximum absolute atomic E-state index is 11.1. The number of benzene rings is 1. The lowest BCUT2D eigenvalue weighted by Crippen LogP contribution is -2.00. The molecule has 1 heterocycles. The lowest BCUT2D eigenvalue weighted by atomic mass is 10.2. The number of carboxylic acid groups (broad SMARTS) is 1. The van der Waals surface area contributed by atoms with Crippen LogP contribution in [-0.2, 0) is 0 Å². The quantitative estimate of drug-likeness (QED) is 0.934. The van der Waals surface area contributed by atoms with Gasteiger partial charge >= 0.3 is 5.97 Å². The van der Waals surface area contributed by atoms with Crippen molar-refractivity contribution >= 4 is 21.9 Å². The van der Waals surface area contributed by atoms with Crippen molar-refractivity contribution < 1.29 is 19.4 Å². The van der Waals surface area contributed by atoms with Gasteiger partial charge in [0.1, 0.15) is 17.1 Å². The molecule has 0 amide bonds. The van der Waals surface area contributed by atoms with Crippen molar-refractivity contribution in [2.45, 2.75) is 0 Å². The summed E-state index contributed by atoms with van der Waals surface area (Å²) in [6.07, 6.45) is 2.76. The van der Waals surface area contributed by atoms with Crippen molar-refractivity contribution in [2.75, 3.05) is 7.11 Å². The van der Waals surface area contributed by atoms with Crippen molar-refractivity contribution in [3.8, 4) is 17.2 Å². The van der Waals surface area contributed by atoms with Crippen molar-refractivity contribution in [3.63, 3.8) is 0 Å². The molecule has 0 atom stereocenters. The first-order valence-electron chi connectivity index (χ1n) is 5.30. The molecule has 0 fully saturated rings. The summed E-state index contributed by atoms with van der Waals surface area (Å²) in [7, 11) is 1.56. The van der Waals surface area contributed by atoms with Gasteiger partial charge in [-0.1, -0.05) is 0 Å². The zero-order valence-corrected chi connectivity index (χ0v) is 11.5. The van der Waals surface area contributed by atoms with E-state index in [1.807, 2.05) is 0 Å². The second-order valence-corrected chi connectivity index (χ2v) is 4.43. The van der Waals surface area contributed by atoms with Gasteiger partial charge < -0.3 is 14.6 Å². The van der Waals surface area contributed by atoms with E-state index in [4.69, 9.17) is 14.6 Å². The Hall–Kier alpha value is -2.08. The molecule has 0 spiro atoms. The molecule has 1 aromatic carbocycles. The van der Waals surface area contributed by atoms with Gasteiger partial charge in [-0.25, -0.2) is 4.79 Å². The number of carbonyl (C=O) groups is 1. The van der Waals surface area contributed by atoms with Crippen LogP contribution in [-0.4, -0.2) is 23.2 Å². The predicted molar refractivity (Wildman–Crippen MR) is 72.0 cm³/mol. The average molecular weight is 324 g/mol. The van der Waals surface area contributed by atoms with Gasteiger partial charge in [0.2, 0.25) is 0 Å². The van der Waals surface area contributed by atoms with Crippen LogP contribution < -0.4 is 9.47 Å². The molecule has 0 saturated carbocycles. The fourth-order valence-electron chi connectivity index (χ4n) is 1.45. The number of hydrogen-bond donors (Lipinski definition) is 1. The maximum Gasteiger partial charge on any atom is 0.339 e. The van der Waals surface area contributed by atoms with Crippen LogP contribution in [0.4, 0.5) is 0 Å². The van der Waals surface area contributed by atoms with Gasteiger partial charge in [0, 0.05) is 6.20 Å². The Morgan fingerprint density at radius 3 is 2.74 bits per heavy atom. The van der Waals surface area contributed by atoms with E-state index in [2.05, 4.69) is 20.9 Å². The molecular weight excluding hydrogens is 314 g/mol. The molecule has 98 valence electrons. The molecule has 1 N–H and O–H groups in total. The smallest absolute Gasteiger partial charge is 0.339 e. The highest BCUT2D eigenvalue weighted by atomic mass is 79.9. The fraction of sp³-hybridized carbons (Fsp3) is 0.0769. The normalized spacial score (nSPS) is 10.0. The highest BCUT2D eigenvalue weighted by molar-refractivity contribution is 9.10. The Kier molecular flexibility index (Phi) is 4.01. The van der Waals surface area contributed by atoms with E-state index in [0.717, 1.165) is 0 Å². The van der Waals surface area contributed by atoms with Crippen LogP contribution in [0.2, 0.25) is 0 Å². The number of aromatic carboxylic acids is 1. The number of methoxy groups -OCH3 is 1. The molecule has 0 bridgehead atoms. The lowest BCUT2D eigenvalue weighted by molar-refractivity contribution is 0.0694. The van der Waals surface area contributed by atoms with E-state index in [9.17, 15) is 4.79 Å². The largest absolute Gasteiger partial charge is 0.497 e. The van der Waals surface area contributed by atoms with E-state index in [-0.39, 0.29) is 11.3 Å². The first-order chi connectivity index (χ1) is 9.11. The molecule has 0 aliphatic heterocycles. The van der Waals surface area contributed by atoms with Crippen LogP contribution in [0, 0.1) is 0 Å². The summed E-state index contributed by atoms with van der Waals surface area (Å²) in [4.78, 5) is 14.9. The van der Waals surface area contributed by atoms with Crippen molar-refractivity contribution in [1.82, 2.24) is 4.98 Å². The Morgan fingerprint density at radius 1 is 1.32 bits per heavy atom. The molecule has 0 radical (unpaired) electrons. The van der Waals surface area contributed by atoms with Crippen LogP contribution in [0.25, 0.3) is 0 Å². The van der Waals surface area contributed by atoms with Crippen LogP contribution in [0.5, 0.6) is 17.2 Å². The third kappa shape index (κ3) is 3.03. The van der Waals surface area contributed by atoms with Gasteiger partial charge in [0.05, 0.1) is 17.8 Å². The number of halogens is 1. The number of ether oxygens (including phenoxy) is 2. The average Bonchev–Trinajstić information content (AvgIpc) is 2.41. The lowest BCUT2D eigenvalue weighted by Gasteiger charge is -2.10. The Balaban J connectivity index is 2.34. The van der Waals surface area contributed by atoms with Crippen LogP contribution in [0.3, 0.4) is 0 Å². The first-order valence-corrected chi connectivity index (χ1v) is 6.10. The predicted octanol–water partition coefficient (Wildman–Crippen LogP) is 3.34.